The number of ether oxygens (including phenoxy) is 1. The van der Waals surface area contributed by atoms with Gasteiger partial charge in [-0.3, -0.25) is 0 Å². The number of cyclic esters (lactones) is 1. The molecule has 1 aromatic rings. The van der Waals surface area contributed by atoms with Gasteiger partial charge in [-0.2, -0.15) is 0 Å². The second-order valence-electron chi connectivity index (χ2n) is 4.54. The molecule has 1 aromatic carbocycles. The van der Waals surface area contributed by atoms with E-state index in [0.29, 0.717) is 11.1 Å². The van der Waals surface area contributed by atoms with E-state index in [4.69, 9.17) is 4.74 Å². The van der Waals surface area contributed by atoms with E-state index < -0.39 is 11.8 Å². The van der Waals surface area contributed by atoms with Crippen LogP contribution in [-0.4, -0.2) is 27.1 Å². The highest BCUT2D eigenvalue weighted by Crippen LogP contribution is 2.41. The number of benzene rings is 1. The Morgan fingerprint density at radius 2 is 1.76 bits per heavy atom. The van der Waals surface area contributed by atoms with Crippen molar-refractivity contribution in [2.45, 2.75) is 33.0 Å². The lowest BCUT2D eigenvalue weighted by Gasteiger charge is -2.31. The lowest BCUT2D eigenvalue weighted by atomic mass is 9.89. The number of hydrogen-bond acceptors (Lipinski definition) is 5. The van der Waals surface area contributed by atoms with Crippen LogP contribution in [-0.2, 0) is 11.2 Å². The Labute approximate surface area is 98.3 Å². The molecule has 0 fully saturated rings. The molecule has 5 heteroatoms. The van der Waals surface area contributed by atoms with E-state index in [9.17, 15) is 20.1 Å². The third-order valence-corrected chi connectivity index (χ3v) is 3.08. The summed E-state index contributed by atoms with van der Waals surface area (Å²) in [6.07, 6.45) is 0.0430. The zero-order valence-electron chi connectivity index (χ0n) is 9.87. The summed E-state index contributed by atoms with van der Waals surface area (Å²) in [7, 11) is 0. The Kier molecular flexibility index (Phi) is 2.32. The van der Waals surface area contributed by atoms with Gasteiger partial charge in [-0.05, 0) is 25.0 Å². The van der Waals surface area contributed by atoms with Crippen molar-refractivity contribution in [2.75, 3.05) is 0 Å². The highest BCUT2D eigenvalue weighted by Gasteiger charge is 2.38. The minimum absolute atomic E-state index is 0.0318. The minimum Gasteiger partial charge on any atom is -0.507 e. The van der Waals surface area contributed by atoms with Crippen molar-refractivity contribution in [2.24, 2.45) is 0 Å². The zero-order chi connectivity index (χ0) is 13.0. The summed E-state index contributed by atoms with van der Waals surface area (Å²) in [6.45, 7) is 4.51. The van der Waals surface area contributed by atoms with Crippen molar-refractivity contribution in [3.05, 3.63) is 22.3 Å². The molecule has 1 atom stereocenters. The SMILES string of the molecule is Cc1c(O)c(C)c2c(c1O)C(=O)O[C@@](C)(O)C2. The fourth-order valence-electron chi connectivity index (χ4n) is 2.11. The van der Waals surface area contributed by atoms with Crippen LogP contribution in [0.4, 0.5) is 0 Å². The smallest absolute Gasteiger partial charge is 0.344 e. The first-order valence-corrected chi connectivity index (χ1v) is 5.24. The predicted molar refractivity (Wildman–Crippen MR) is 59.0 cm³/mol. The van der Waals surface area contributed by atoms with Gasteiger partial charge in [0.1, 0.15) is 17.1 Å². The lowest BCUT2D eigenvalue weighted by molar-refractivity contribution is -0.154. The second-order valence-corrected chi connectivity index (χ2v) is 4.54. The molecule has 1 aliphatic rings. The molecular weight excluding hydrogens is 224 g/mol. The van der Waals surface area contributed by atoms with Crippen LogP contribution < -0.4 is 0 Å². The number of carbonyl (C=O) groups excluding carboxylic acids is 1. The largest absolute Gasteiger partial charge is 0.507 e. The third kappa shape index (κ3) is 1.63. The number of phenols is 2. The van der Waals surface area contributed by atoms with Gasteiger partial charge < -0.3 is 20.1 Å². The topological polar surface area (TPSA) is 87.0 Å². The standard InChI is InChI=1S/C12H14O5/c1-5-7-4-12(3,16)17-11(15)8(7)10(14)6(2)9(5)13/h13-14,16H,4H2,1-3H3/t12-/m1/s1. The monoisotopic (exact) mass is 238 g/mol. The van der Waals surface area contributed by atoms with Gasteiger partial charge in [0.05, 0.1) is 0 Å². The van der Waals surface area contributed by atoms with E-state index in [2.05, 4.69) is 0 Å². The van der Waals surface area contributed by atoms with Gasteiger partial charge >= 0.3 is 5.97 Å². The number of hydrogen-bond donors (Lipinski definition) is 3. The quantitative estimate of drug-likeness (QED) is 0.590. The molecule has 0 saturated heterocycles. The summed E-state index contributed by atoms with van der Waals surface area (Å²) in [5, 5.41) is 29.4. The van der Waals surface area contributed by atoms with Crippen LogP contribution in [0.2, 0.25) is 0 Å². The number of carbonyl (C=O) groups is 1. The summed E-state index contributed by atoms with van der Waals surface area (Å²) < 4.78 is 4.81. The molecule has 1 heterocycles. The number of fused-ring (bicyclic) bond motifs is 1. The summed E-state index contributed by atoms with van der Waals surface area (Å²) in [5.74, 6) is -2.74. The molecule has 2 rings (SSSR count). The maximum Gasteiger partial charge on any atom is 0.344 e. The third-order valence-electron chi connectivity index (χ3n) is 3.08. The molecule has 3 N–H and O–H groups in total. The molecule has 1 aliphatic heterocycles. The molecule has 92 valence electrons. The Balaban J connectivity index is 2.77. The Morgan fingerprint density at radius 1 is 1.18 bits per heavy atom. The molecule has 0 amide bonds. The van der Waals surface area contributed by atoms with E-state index in [0.717, 1.165) is 0 Å². The Bertz CT molecular complexity index is 516. The molecule has 0 aromatic heterocycles. The Hall–Kier alpha value is -1.75. The first kappa shape index (κ1) is 11.7. The molecule has 0 saturated carbocycles. The summed E-state index contributed by atoms with van der Waals surface area (Å²) >= 11 is 0. The van der Waals surface area contributed by atoms with Crippen molar-refractivity contribution in [1.29, 1.82) is 0 Å². The van der Waals surface area contributed by atoms with E-state index in [1.165, 1.54) is 13.8 Å². The van der Waals surface area contributed by atoms with Gasteiger partial charge in [0.2, 0.25) is 5.79 Å². The van der Waals surface area contributed by atoms with Crippen LogP contribution in [0.25, 0.3) is 0 Å². The van der Waals surface area contributed by atoms with Gasteiger partial charge in [-0.1, -0.05) is 0 Å². The summed E-state index contributed by atoms with van der Waals surface area (Å²) in [4.78, 5) is 11.7. The molecule has 0 unspecified atom stereocenters. The number of rotatable bonds is 0. The van der Waals surface area contributed by atoms with Crippen LogP contribution in [0.1, 0.15) is 34.0 Å². The molecule has 0 spiro atoms. The summed E-state index contributed by atoms with van der Waals surface area (Å²) in [6, 6.07) is 0. The zero-order valence-corrected chi connectivity index (χ0v) is 9.87. The van der Waals surface area contributed by atoms with E-state index in [1.807, 2.05) is 0 Å². The molecule has 5 nitrogen and oxygen atoms in total. The first-order valence-electron chi connectivity index (χ1n) is 5.24. The maximum atomic E-state index is 11.7. The Morgan fingerprint density at radius 3 is 2.35 bits per heavy atom. The van der Waals surface area contributed by atoms with Crippen molar-refractivity contribution >= 4 is 5.97 Å². The number of aliphatic hydroxyl groups is 1. The first-order chi connectivity index (χ1) is 7.74. The van der Waals surface area contributed by atoms with Crippen LogP contribution >= 0.6 is 0 Å². The van der Waals surface area contributed by atoms with Gasteiger partial charge in [0.15, 0.2) is 0 Å². The van der Waals surface area contributed by atoms with Gasteiger partial charge in [0.25, 0.3) is 0 Å². The highest BCUT2D eigenvalue weighted by molar-refractivity contribution is 5.97. The van der Waals surface area contributed by atoms with Gasteiger partial charge in [-0.15, -0.1) is 0 Å². The molecule has 0 bridgehead atoms. The van der Waals surface area contributed by atoms with Gasteiger partial charge in [-0.25, -0.2) is 4.79 Å². The van der Waals surface area contributed by atoms with Crippen LogP contribution in [0, 0.1) is 13.8 Å². The normalized spacial score (nSPS) is 23.2. The average molecular weight is 238 g/mol. The number of aromatic hydroxyl groups is 2. The second kappa shape index (κ2) is 3.37. The summed E-state index contributed by atoms with van der Waals surface area (Å²) in [5.41, 5.74) is 1.17. The van der Waals surface area contributed by atoms with Crippen molar-refractivity contribution in [3.8, 4) is 11.5 Å². The molecule has 0 radical (unpaired) electrons. The fraction of sp³-hybridized carbons (Fsp3) is 0.417. The maximum absolute atomic E-state index is 11.7. The average Bonchev–Trinajstić information content (AvgIpc) is 2.21. The molecular formula is C12H14O5. The fourth-order valence-corrected chi connectivity index (χ4v) is 2.11. The number of esters is 1. The van der Waals surface area contributed by atoms with E-state index >= 15 is 0 Å². The predicted octanol–water partition coefficient (Wildman–Crippen LogP) is 1.14. The highest BCUT2D eigenvalue weighted by atomic mass is 16.7. The van der Waals surface area contributed by atoms with Crippen molar-refractivity contribution < 1.29 is 24.9 Å². The van der Waals surface area contributed by atoms with E-state index in [-0.39, 0.29) is 29.0 Å². The minimum atomic E-state index is -1.61. The number of phenolic OH excluding ortho intramolecular Hbond substituents is 2. The van der Waals surface area contributed by atoms with Gasteiger partial charge in [0, 0.05) is 18.9 Å². The molecule has 0 aliphatic carbocycles. The van der Waals surface area contributed by atoms with Crippen LogP contribution in [0.5, 0.6) is 11.5 Å². The molecule has 17 heavy (non-hydrogen) atoms. The van der Waals surface area contributed by atoms with Crippen LogP contribution in [0.3, 0.4) is 0 Å². The van der Waals surface area contributed by atoms with E-state index in [1.54, 1.807) is 6.92 Å². The van der Waals surface area contributed by atoms with Crippen molar-refractivity contribution in [3.63, 3.8) is 0 Å². The van der Waals surface area contributed by atoms with Crippen LogP contribution in [0.15, 0.2) is 0 Å². The van der Waals surface area contributed by atoms with Crippen molar-refractivity contribution in [1.82, 2.24) is 0 Å². The lowest BCUT2D eigenvalue weighted by Crippen LogP contribution is -2.39.